The van der Waals surface area contributed by atoms with Crippen molar-refractivity contribution in [3.8, 4) is 0 Å². The molecule has 0 aliphatic carbocycles. The fraction of sp³-hybridized carbons (Fsp3) is 1.00. The number of hydrogen-bond acceptors (Lipinski definition) is 2. The van der Waals surface area contributed by atoms with E-state index in [4.69, 9.17) is 5.11 Å². The van der Waals surface area contributed by atoms with Gasteiger partial charge >= 0.3 is 0 Å². The van der Waals surface area contributed by atoms with Gasteiger partial charge in [0.15, 0.2) is 0 Å². The Labute approximate surface area is 70.0 Å². The van der Waals surface area contributed by atoms with Gasteiger partial charge in [-0.25, -0.2) is 0 Å². The third-order valence-corrected chi connectivity index (χ3v) is 1.49. The maximum atomic E-state index is 8.96. The lowest BCUT2D eigenvalue weighted by Crippen LogP contribution is -2.45. The van der Waals surface area contributed by atoms with E-state index in [2.05, 4.69) is 33.0 Å². The first-order valence-electron chi connectivity index (χ1n) is 4.38. The Hall–Kier alpha value is -0.0800. The molecule has 11 heavy (non-hydrogen) atoms. The fourth-order valence-corrected chi connectivity index (χ4v) is 1.17. The van der Waals surface area contributed by atoms with Gasteiger partial charge in [-0.15, -0.1) is 0 Å². The number of aliphatic hydroxyl groups excluding tert-OH is 1. The molecule has 2 nitrogen and oxygen atoms in total. The van der Waals surface area contributed by atoms with Crippen LogP contribution in [0.3, 0.4) is 0 Å². The molecule has 0 rings (SSSR count). The molecule has 2 N–H and O–H groups in total. The van der Waals surface area contributed by atoms with E-state index >= 15 is 0 Å². The molecular formula is C9H21NO. The predicted octanol–water partition coefficient (Wildman–Crippen LogP) is 1.54. The first-order chi connectivity index (χ1) is 4.99. The second-order valence-corrected chi connectivity index (χ2v) is 4.06. The van der Waals surface area contributed by atoms with Gasteiger partial charge in [-0.05, 0) is 27.2 Å². The lowest BCUT2D eigenvalue weighted by molar-refractivity contribution is 0.208. The van der Waals surface area contributed by atoms with Gasteiger partial charge in [-0.3, -0.25) is 0 Å². The third kappa shape index (κ3) is 6.32. The quantitative estimate of drug-likeness (QED) is 0.652. The molecule has 1 atom stereocenters. The Kier molecular flexibility index (Phi) is 4.69. The third-order valence-electron chi connectivity index (χ3n) is 1.49. The van der Waals surface area contributed by atoms with Crippen LogP contribution in [0.1, 0.15) is 40.5 Å². The van der Waals surface area contributed by atoms with Crippen LogP contribution in [0.5, 0.6) is 0 Å². The van der Waals surface area contributed by atoms with Crippen LogP contribution in [-0.4, -0.2) is 23.3 Å². The van der Waals surface area contributed by atoms with Crippen molar-refractivity contribution in [2.75, 3.05) is 6.61 Å². The Morgan fingerprint density at radius 3 is 2.18 bits per heavy atom. The zero-order valence-corrected chi connectivity index (χ0v) is 8.15. The average Bonchev–Trinajstić information content (AvgIpc) is 1.84. The Balaban J connectivity index is 3.68. The summed E-state index contributed by atoms with van der Waals surface area (Å²) < 4.78 is 0. The van der Waals surface area contributed by atoms with E-state index in [-0.39, 0.29) is 18.2 Å². The molecule has 0 amide bonds. The Morgan fingerprint density at radius 2 is 1.91 bits per heavy atom. The van der Waals surface area contributed by atoms with Crippen LogP contribution < -0.4 is 5.32 Å². The second-order valence-electron chi connectivity index (χ2n) is 4.06. The van der Waals surface area contributed by atoms with Gasteiger partial charge in [0.25, 0.3) is 0 Å². The summed E-state index contributed by atoms with van der Waals surface area (Å²) in [6.07, 6.45) is 2.17. The minimum Gasteiger partial charge on any atom is -0.395 e. The highest BCUT2D eigenvalue weighted by atomic mass is 16.3. The van der Waals surface area contributed by atoms with Crippen LogP contribution in [0, 0.1) is 0 Å². The molecule has 0 aliphatic heterocycles. The van der Waals surface area contributed by atoms with Gasteiger partial charge in [0.2, 0.25) is 0 Å². The highest BCUT2D eigenvalue weighted by molar-refractivity contribution is 4.76. The highest BCUT2D eigenvalue weighted by Crippen LogP contribution is 2.04. The van der Waals surface area contributed by atoms with E-state index in [1.54, 1.807) is 0 Å². The first kappa shape index (κ1) is 10.9. The molecule has 0 radical (unpaired) electrons. The lowest BCUT2D eigenvalue weighted by Gasteiger charge is -2.27. The van der Waals surface area contributed by atoms with Gasteiger partial charge in [0.1, 0.15) is 0 Å². The molecule has 0 spiro atoms. The Bertz CT molecular complexity index is 96.2. The van der Waals surface area contributed by atoms with Crippen LogP contribution in [0.4, 0.5) is 0 Å². The molecule has 0 saturated heterocycles. The minimum absolute atomic E-state index is 0.114. The van der Waals surface area contributed by atoms with E-state index < -0.39 is 0 Å². The normalized spacial score (nSPS) is 15.0. The van der Waals surface area contributed by atoms with Gasteiger partial charge in [0, 0.05) is 11.6 Å². The number of rotatable bonds is 4. The molecule has 68 valence electrons. The van der Waals surface area contributed by atoms with Gasteiger partial charge in [0.05, 0.1) is 6.61 Å². The summed E-state index contributed by atoms with van der Waals surface area (Å²) in [5.74, 6) is 0. The maximum absolute atomic E-state index is 8.96. The van der Waals surface area contributed by atoms with Crippen LogP contribution in [-0.2, 0) is 0 Å². The van der Waals surface area contributed by atoms with Crippen molar-refractivity contribution >= 4 is 0 Å². The number of nitrogens with one attached hydrogen (secondary N) is 1. The summed E-state index contributed by atoms with van der Waals surface area (Å²) in [6.45, 7) is 8.72. The summed E-state index contributed by atoms with van der Waals surface area (Å²) in [5, 5.41) is 12.3. The van der Waals surface area contributed by atoms with E-state index in [0.717, 1.165) is 12.8 Å². The predicted molar refractivity (Wildman–Crippen MR) is 48.7 cm³/mol. The zero-order chi connectivity index (χ0) is 8.91. The number of hydrogen-bond donors (Lipinski definition) is 2. The van der Waals surface area contributed by atoms with Crippen molar-refractivity contribution in [2.24, 2.45) is 0 Å². The fourth-order valence-electron chi connectivity index (χ4n) is 1.17. The summed E-state index contributed by atoms with van der Waals surface area (Å²) in [6, 6.07) is 0.264. The molecule has 0 aromatic rings. The largest absolute Gasteiger partial charge is 0.395 e. The van der Waals surface area contributed by atoms with Crippen LogP contribution in [0.25, 0.3) is 0 Å². The molecule has 0 unspecified atom stereocenters. The minimum atomic E-state index is 0.114. The van der Waals surface area contributed by atoms with E-state index in [0.29, 0.717) is 0 Å². The smallest absolute Gasteiger partial charge is 0.0584 e. The van der Waals surface area contributed by atoms with Gasteiger partial charge in [-0.2, -0.15) is 0 Å². The van der Waals surface area contributed by atoms with Crippen molar-refractivity contribution in [3.63, 3.8) is 0 Å². The summed E-state index contributed by atoms with van der Waals surface area (Å²) in [4.78, 5) is 0. The van der Waals surface area contributed by atoms with Crippen LogP contribution in [0.2, 0.25) is 0 Å². The lowest BCUT2D eigenvalue weighted by atomic mass is 10.1. The first-order valence-corrected chi connectivity index (χ1v) is 4.38. The molecule has 0 saturated carbocycles. The van der Waals surface area contributed by atoms with Crippen molar-refractivity contribution in [1.29, 1.82) is 0 Å². The average molecular weight is 159 g/mol. The van der Waals surface area contributed by atoms with Crippen molar-refractivity contribution in [3.05, 3.63) is 0 Å². The Morgan fingerprint density at radius 1 is 1.36 bits per heavy atom. The monoisotopic (exact) mass is 159 g/mol. The van der Waals surface area contributed by atoms with Gasteiger partial charge < -0.3 is 10.4 Å². The SMILES string of the molecule is CCC[C@@H](CO)NC(C)(C)C. The van der Waals surface area contributed by atoms with Crippen molar-refractivity contribution in [2.45, 2.75) is 52.1 Å². The molecular weight excluding hydrogens is 138 g/mol. The highest BCUT2D eigenvalue weighted by Gasteiger charge is 2.14. The molecule has 0 aliphatic rings. The summed E-state index contributed by atoms with van der Waals surface area (Å²) in [7, 11) is 0. The number of aliphatic hydroxyl groups is 1. The van der Waals surface area contributed by atoms with E-state index in [1.807, 2.05) is 0 Å². The topological polar surface area (TPSA) is 32.3 Å². The molecule has 0 aromatic heterocycles. The van der Waals surface area contributed by atoms with Crippen molar-refractivity contribution in [1.82, 2.24) is 5.32 Å². The van der Waals surface area contributed by atoms with Crippen LogP contribution in [0.15, 0.2) is 0 Å². The van der Waals surface area contributed by atoms with E-state index in [9.17, 15) is 0 Å². The van der Waals surface area contributed by atoms with Crippen LogP contribution >= 0.6 is 0 Å². The summed E-state index contributed by atoms with van der Waals surface area (Å²) in [5.41, 5.74) is 0.114. The zero-order valence-electron chi connectivity index (χ0n) is 8.15. The standard InChI is InChI=1S/C9H21NO/c1-5-6-8(7-11)10-9(2,3)4/h8,10-11H,5-7H2,1-4H3/t8-/m0/s1. The van der Waals surface area contributed by atoms with E-state index in [1.165, 1.54) is 0 Å². The maximum Gasteiger partial charge on any atom is 0.0584 e. The molecule has 0 bridgehead atoms. The second kappa shape index (κ2) is 4.73. The van der Waals surface area contributed by atoms with Crippen molar-refractivity contribution < 1.29 is 5.11 Å². The molecule has 0 aromatic carbocycles. The molecule has 0 fully saturated rings. The molecule has 0 heterocycles. The molecule has 2 heteroatoms. The van der Waals surface area contributed by atoms with Gasteiger partial charge in [-0.1, -0.05) is 13.3 Å². The summed E-state index contributed by atoms with van der Waals surface area (Å²) >= 11 is 0.